The summed E-state index contributed by atoms with van der Waals surface area (Å²) in [6.07, 6.45) is 9.09. The Morgan fingerprint density at radius 1 is 1.28 bits per heavy atom. The third-order valence-corrected chi connectivity index (χ3v) is 4.76. The summed E-state index contributed by atoms with van der Waals surface area (Å²) < 4.78 is 0. The predicted molar refractivity (Wildman–Crippen MR) is 98.7 cm³/mol. The minimum Gasteiger partial charge on any atom is -0.350 e. The Balaban J connectivity index is 1.46. The van der Waals surface area contributed by atoms with E-state index in [0.29, 0.717) is 11.9 Å². The van der Waals surface area contributed by atoms with E-state index in [1.165, 1.54) is 10.9 Å². The van der Waals surface area contributed by atoms with E-state index in [9.17, 15) is 4.79 Å². The first-order chi connectivity index (χ1) is 12.3. The summed E-state index contributed by atoms with van der Waals surface area (Å²) >= 11 is 0. The van der Waals surface area contributed by atoms with Crippen molar-refractivity contribution in [2.75, 3.05) is 18.0 Å². The fourth-order valence-electron chi connectivity index (χ4n) is 3.50. The summed E-state index contributed by atoms with van der Waals surface area (Å²) in [7, 11) is 0. The Morgan fingerprint density at radius 2 is 2.24 bits per heavy atom. The zero-order valence-electron chi connectivity index (χ0n) is 14.0. The van der Waals surface area contributed by atoms with Crippen molar-refractivity contribution in [2.24, 2.45) is 0 Å². The van der Waals surface area contributed by atoms with Crippen LogP contribution in [0.4, 0.5) is 5.82 Å². The van der Waals surface area contributed by atoms with Crippen LogP contribution in [-0.4, -0.2) is 34.1 Å². The fourth-order valence-corrected chi connectivity index (χ4v) is 3.50. The average molecular weight is 335 g/mol. The number of hydrogen-bond acceptors (Lipinski definition) is 5. The van der Waals surface area contributed by atoms with Crippen molar-refractivity contribution in [3.8, 4) is 0 Å². The van der Waals surface area contributed by atoms with Gasteiger partial charge in [0.25, 0.3) is 5.56 Å². The van der Waals surface area contributed by atoms with Crippen LogP contribution in [0.15, 0.2) is 53.8 Å². The highest BCUT2D eigenvalue weighted by Crippen LogP contribution is 2.19. The molecule has 4 rings (SSSR count). The number of nitrogens with zero attached hydrogens (tertiary/aromatic N) is 3. The molecular formula is C19H21N5O. The maximum atomic E-state index is 12.0. The van der Waals surface area contributed by atoms with Crippen LogP contribution in [0.5, 0.6) is 0 Å². The third-order valence-electron chi connectivity index (χ3n) is 4.76. The van der Waals surface area contributed by atoms with Gasteiger partial charge >= 0.3 is 0 Å². The molecule has 0 amide bonds. The molecule has 1 aliphatic rings. The van der Waals surface area contributed by atoms with Gasteiger partial charge in [-0.05, 0) is 29.9 Å². The second-order valence-corrected chi connectivity index (χ2v) is 6.42. The van der Waals surface area contributed by atoms with Crippen molar-refractivity contribution < 1.29 is 0 Å². The number of H-pyrrole nitrogens is 1. The van der Waals surface area contributed by atoms with E-state index in [4.69, 9.17) is 0 Å². The number of benzene rings is 1. The van der Waals surface area contributed by atoms with E-state index in [1.807, 2.05) is 12.4 Å². The number of fused-ring (bicyclic) bond motifs is 1. The van der Waals surface area contributed by atoms with Gasteiger partial charge < -0.3 is 15.2 Å². The second kappa shape index (κ2) is 7.03. The topological polar surface area (TPSA) is 73.9 Å². The van der Waals surface area contributed by atoms with E-state index in [2.05, 4.69) is 49.4 Å². The number of nitrogens with one attached hydrogen (secondary N) is 2. The Labute approximate surface area is 145 Å². The van der Waals surface area contributed by atoms with Gasteiger partial charge in [0.2, 0.25) is 0 Å². The van der Waals surface area contributed by atoms with Crippen molar-refractivity contribution in [1.82, 2.24) is 20.3 Å². The predicted octanol–water partition coefficient (Wildman–Crippen LogP) is 2.08. The van der Waals surface area contributed by atoms with Crippen LogP contribution in [0, 0.1) is 0 Å². The molecule has 1 aliphatic heterocycles. The normalized spacial score (nSPS) is 17.8. The zero-order chi connectivity index (χ0) is 17.1. The van der Waals surface area contributed by atoms with Crippen LogP contribution < -0.4 is 15.8 Å². The van der Waals surface area contributed by atoms with Crippen molar-refractivity contribution in [3.05, 3.63) is 65.0 Å². The molecule has 2 aromatic heterocycles. The van der Waals surface area contributed by atoms with Gasteiger partial charge in [0.1, 0.15) is 0 Å². The zero-order valence-corrected chi connectivity index (χ0v) is 14.0. The standard InChI is InChI=1S/C19H21N5O/c25-19-18(21-8-9-22-19)24-10-2-5-16(13-24)23-12-15-4-1-3-14-11-20-7-6-17(14)15/h1,3-4,6-9,11,16,23H,2,5,10,12-13H2,(H,22,25). The van der Waals surface area contributed by atoms with Gasteiger partial charge in [0.15, 0.2) is 5.82 Å². The van der Waals surface area contributed by atoms with Crippen molar-refractivity contribution in [2.45, 2.75) is 25.4 Å². The summed E-state index contributed by atoms with van der Waals surface area (Å²) in [5.41, 5.74) is 1.15. The molecule has 3 heterocycles. The lowest BCUT2D eigenvalue weighted by Gasteiger charge is -2.33. The van der Waals surface area contributed by atoms with E-state index in [1.54, 1.807) is 12.4 Å². The summed E-state index contributed by atoms with van der Waals surface area (Å²) in [6, 6.07) is 8.71. The van der Waals surface area contributed by atoms with Crippen LogP contribution in [0.25, 0.3) is 10.8 Å². The molecule has 1 saturated heterocycles. The molecule has 2 N–H and O–H groups in total. The van der Waals surface area contributed by atoms with E-state index >= 15 is 0 Å². The highest BCUT2D eigenvalue weighted by atomic mass is 16.1. The molecule has 1 unspecified atom stereocenters. The number of rotatable bonds is 4. The molecule has 128 valence electrons. The van der Waals surface area contributed by atoms with Gasteiger partial charge in [-0.25, -0.2) is 4.98 Å². The van der Waals surface area contributed by atoms with Gasteiger partial charge in [0.05, 0.1) is 0 Å². The van der Waals surface area contributed by atoms with Crippen molar-refractivity contribution in [1.29, 1.82) is 0 Å². The van der Waals surface area contributed by atoms with Crippen molar-refractivity contribution >= 4 is 16.6 Å². The summed E-state index contributed by atoms with van der Waals surface area (Å²) in [5.74, 6) is 0.519. The molecule has 1 aromatic carbocycles. The molecule has 0 aliphatic carbocycles. The van der Waals surface area contributed by atoms with Crippen LogP contribution in [0.3, 0.4) is 0 Å². The number of piperidine rings is 1. The van der Waals surface area contributed by atoms with Gasteiger partial charge in [-0.3, -0.25) is 9.78 Å². The first-order valence-corrected chi connectivity index (χ1v) is 8.65. The Bertz CT molecular complexity index is 917. The molecule has 1 fully saturated rings. The first-order valence-electron chi connectivity index (χ1n) is 8.65. The Kier molecular flexibility index (Phi) is 4.43. The second-order valence-electron chi connectivity index (χ2n) is 6.42. The Morgan fingerprint density at radius 3 is 3.16 bits per heavy atom. The van der Waals surface area contributed by atoms with E-state index in [-0.39, 0.29) is 5.56 Å². The highest BCUT2D eigenvalue weighted by molar-refractivity contribution is 5.84. The van der Waals surface area contributed by atoms with Crippen molar-refractivity contribution in [3.63, 3.8) is 0 Å². The molecule has 0 saturated carbocycles. The van der Waals surface area contributed by atoms with Crippen LogP contribution in [0.2, 0.25) is 0 Å². The van der Waals surface area contributed by atoms with E-state index in [0.717, 1.165) is 37.9 Å². The average Bonchev–Trinajstić information content (AvgIpc) is 2.67. The highest BCUT2D eigenvalue weighted by Gasteiger charge is 2.22. The fraction of sp³-hybridized carbons (Fsp3) is 0.316. The molecule has 3 aromatic rings. The lowest BCUT2D eigenvalue weighted by molar-refractivity contribution is 0.420. The number of hydrogen-bond donors (Lipinski definition) is 2. The Hall–Kier alpha value is -2.73. The summed E-state index contributed by atoms with van der Waals surface area (Å²) in [6.45, 7) is 2.48. The van der Waals surface area contributed by atoms with Gasteiger partial charge in [-0.15, -0.1) is 0 Å². The molecule has 6 heteroatoms. The van der Waals surface area contributed by atoms with E-state index < -0.39 is 0 Å². The molecule has 0 spiro atoms. The molecular weight excluding hydrogens is 314 g/mol. The molecule has 6 nitrogen and oxygen atoms in total. The van der Waals surface area contributed by atoms with Gasteiger partial charge in [-0.2, -0.15) is 0 Å². The summed E-state index contributed by atoms with van der Waals surface area (Å²) in [5, 5.41) is 6.04. The number of anilines is 1. The minimum absolute atomic E-state index is 0.121. The number of aromatic amines is 1. The van der Waals surface area contributed by atoms with Gasteiger partial charge in [0, 0.05) is 55.8 Å². The van der Waals surface area contributed by atoms with Crippen LogP contribution >= 0.6 is 0 Å². The molecule has 25 heavy (non-hydrogen) atoms. The summed E-state index contributed by atoms with van der Waals surface area (Å²) in [4.78, 5) is 25.2. The quantitative estimate of drug-likeness (QED) is 0.764. The number of pyridine rings is 1. The number of aromatic nitrogens is 3. The smallest absolute Gasteiger partial charge is 0.290 e. The van der Waals surface area contributed by atoms with Gasteiger partial charge in [-0.1, -0.05) is 18.2 Å². The molecule has 0 radical (unpaired) electrons. The maximum absolute atomic E-state index is 12.0. The first kappa shape index (κ1) is 15.8. The largest absolute Gasteiger partial charge is 0.350 e. The monoisotopic (exact) mass is 335 g/mol. The maximum Gasteiger partial charge on any atom is 0.290 e. The lowest BCUT2D eigenvalue weighted by atomic mass is 10.0. The molecule has 0 bridgehead atoms. The minimum atomic E-state index is -0.121. The molecule has 1 atom stereocenters. The van der Waals surface area contributed by atoms with Crippen LogP contribution in [0.1, 0.15) is 18.4 Å². The van der Waals surface area contributed by atoms with Crippen LogP contribution in [-0.2, 0) is 6.54 Å². The lowest BCUT2D eigenvalue weighted by Crippen LogP contribution is -2.47. The SMILES string of the molecule is O=c1[nH]ccnc1N1CCCC(NCc2cccc3cnccc23)C1. The third kappa shape index (κ3) is 3.39.